The van der Waals surface area contributed by atoms with Crippen LogP contribution in [0.25, 0.3) is 0 Å². The van der Waals surface area contributed by atoms with Crippen molar-refractivity contribution in [3.63, 3.8) is 0 Å². The summed E-state index contributed by atoms with van der Waals surface area (Å²) < 4.78 is 55.7. The minimum absolute atomic E-state index is 0. The Balaban J connectivity index is -0.000000720. The van der Waals surface area contributed by atoms with E-state index in [1.165, 1.54) is 0 Å². The standard InChI is InChI=1S/C3H8O8S2.2Na.2H/c4-2-1-3-10-13(8,9)11-12(5,6)7;;;;/h4H,1-3H2,(H,5,6,7);;;;. The van der Waals surface area contributed by atoms with Gasteiger partial charge in [0, 0.05) is 6.61 Å². The van der Waals surface area contributed by atoms with E-state index in [4.69, 9.17) is 9.66 Å². The van der Waals surface area contributed by atoms with Crippen LogP contribution in [0.15, 0.2) is 0 Å². The van der Waals surface area contributed by atoms with Gasteiger partial charge in [0.25, 0.3) is 0 Å². The molecule has 0 aromatic heterocycles. The van der Waals surface area contributed by atoms with Crippen LogP contribution >= 0.6 is 0 Å². The first kappa shape index (κ1) is 22.0. The second kappa shape index (κ2) is 9.74. The van der Waals surface area contributed by atoms with E-state index in [2.05, 4.69) is 7.81 Å². The summed E-state index contributed by atoms with van der Waals surface area (Å²) in [4.78, 5) is 0. The number of hydrogen-bond acceptors (Lipinski definition) is 7. The zero-order valence-corrected chi connectivity index (χ0v) is 7.91. The molecule has 15 heavy (non-hydrogen) atoms. The van der Waals surface area contributed by atoms with E-state index in [0.717, 1.165) is 0 Å². The first-order chi connectivity index (χ1) is 5.77. The van der Waals surface area contributed by atoms with E-state index in [1.54, 1.807) is 0 Å². The maximum absolute atomic E-state index is 10.5. The molecule has 0 aliphatic heterocycles. The maximum atomic E-state index is 10.5. The Kier molecular flexibility index (Phi) is 14.3. The van der Waals surface area contributed by atoms with Gasteiger partial charge in [-0.15, -0.1) is 3.63 Å². The molecule has 0 aliphatic carbocycles. The second-order valence-electron chi connectivity index (χ2n) is 1.80. The van der Waals surface area contributed by atoms with Crippen molar-refractivity contribution in [2.75, 3.05) is 13.2 Å². The summed E-state index contributed by atoms with van der Waals surface area (Å²) in [7, 11) is -9.86. The molecule has 0 saturated heterocycles. The Morgan fingerprint density at radius 3 is 1.87 bits per heavy atom. The first-order valence-corrected chi connectivity index (χ1v) is 5.65. The average Bonchev–Trinajstić information content (AvgIpc) is 1.81. The van der Waals surface area contributed by atoms with Gasteiger partial charge in [-0.1, -0.05) is 0 Å². The third-order valence-corrected chi connectivity index (χ3v) is 2.51. The number of aliphatic hydroxyl groups is 1. The van der Waals surface area contributed by atoms with E-state index in [9.17, 15) is 16.8 Å². The molecule has 0 fully saturated rings. The van der Waals surface area contributed by atoms with Crippen molar-refractivity contribution in [3.05, 3.63) is 0 Å². The summed E-state index contributed by atoms with van der Waals surface area (Å²) >= 11 is 0. The first-order valence-electron chi connectivity index (χ1n) is 2.95. The van der Waals surface area contributed by atoms with Crippen molar-refractivity contribution in [2.45, 2.75) is 6.42 Å². The molecule has 0 aromatic carbocycles. The number of rotatable bonds is 6. The minimum atomic E-state index is -5.09. The average molecular weight is 284 g/mol. The van der Waals surface area contributed by atoms with Gasteiger partial charge in [-0.2, -0.15) is 16.8 Å². The van der Waals surface area contributed by atoms with Gasteiger partial charge in [0.1, 0.15) is 0 Å². The van der Waals surface area contributed by atoms with Gasteiger partial charge in [0.05, 0.1) is 6.61 Å². The van der Waals surface area contributed by atoms with Crippen LogP contribution in [0.1, 0.15) is 6.42 Å². The summed E-state index contributed by atoms with van der Waals surface area (Å²) in [6, 6.07) is 0. The van der Waals surface area contributed by atoms with Gasteiger partial charge in [-0.3, -0.25) is 4.55 Å². The van der Waals surface area contributed by atoms with Crippen LogP contribution in [0.5, 0.6) is 0 Å². The van der Waals surface area contributed by atoms with E-state index in [-0.39, 0.29) is 72.1 Å². The van der Waals surface area contributed by atoms with Gasteiger partial charge in [-0.05, 0) is 6.42 Å². The molecule has 2 N–H and O–H groups in total. The number of aliphatic hydroxyl groups excluding tert-OH is 1. The van der Waals surface area contributed by atoms with Crippen LogP contribution in [0, 0.1) is 0 Å². The predicted molar refractivity (Wildman–Crippen MR) is 53.5 cm³/mol. The van der Waals surface area contributed by atoms with Crippen molar-refractivity contribution in [2.24, 2.45) is 0 Å². The van der Waals surface area contributed by atoms with Crippen LogP contribution in [0.2, 0.25) is 0 Å². The summed E-state index contributed by atoms with van der Waals surface area (Å²) in [5, 5.41) is 8.21. The zero-order chi connectivity index (χ0) is 10.5. The summed E-state index contributed by atoms with van der Waals surface area (Å²) in [6.07, 6.45) is -0.00589. The molecule has 0 bridgehead atoms. The Labute approximate surface area is 132 Å². The molecule has 0 aromatic rings. The third-order valence-electron chi connectivity index (χ3n) is 0.699. The van der Waals surface area contributed by atoms with Crippen LogP contribution in [-0.4, -0.2) is 98.8 Å². The van der Waals surface area contributed by atoms with Gasteiger partial charge >= 0.3 is 79.9 Å². The molecule has 0 spiro atoms. The van der Waals surface area contributed by atoms with Gasteiger partial charge in [0.15, 0.2) is 0 Å². The Hall–Kier alpha value is 1.74. The van der Waals surface area contributed by atoms with Crippen molar-refractivity contribution in [1.29, 1.82) is 0 Å². The summed E-state index contributed by atoms with van der Waals surface area (Å²) in [5.74, 6) is 0. The second-order valence-corrected chi connectivity index (χ2v) is 4.26. The topological polar surface area (TPSA) is 127 Å². The Bertz CT molecular complexity index is 333. The molecule has 0 heterocycles. The van der Waals surface area contributed by atoms with E-state index < -0.39 is 27.4 Å². The van der Waals surface area contributed by atoms with E-state index in [0.29, 0.717) is 0 Å². The molecular formula is C3H10Na2O8S2. The summed E-state index contributed by atoms with van der Waals surface area (Å²) in [6.45, 7) is -0.754. The molecule has 8 nitrogen and oxygen atoms in total. The third kappa shape index (κ3) is 15.7. The SMILES string of the molecule is O=S(=O)(O)OS(=O)(=O)OCCCO.[NaH].[NaH]. The Morgan fingerprint density at radius 1 is 1.07 bits per heavy atom. The normalized spacial score (nSPS) is 11.3. The van der Waals surface area contributed by atoms with Crippen LogP contribution in [0.4, 0.5) is 0 Å². The van der Waals surface area contributed by atoms with Crippen molar-refractivity contribution >= 4 is 79.9 Å². The fourth-order valence-corrected chi connectivity index (χ4v) is 1.67. The molecular weight excluding hydrogens is 274 g/mol. The molecule has 0 aliphatic rings. The fourth-order valence-electron chi connectivity index (χ4n) is 0.350. The van der Waals surface area contributed by atoms with Gasteiger partial charge in [-0.25, -0.2) is 4.18 Å². The van der Waals surface area contributed by atoms with Gasteiger partial charge < -0.3 is 5.11 Å². The van der Waals surface area contributed by atoms with E-state index >= 15 is 0 Å². The van der Waals surface area contributed by atoms with E-state index in [1.807, 2.05) is 0 Å². The molecule has 0 amide bonds. The molecule has 0 atom stereocenters. The molecule has 0 unspecified atom stereocenters. The van der Waals surface area contributed by atoms with Crippen LogP contribution < -0.4 is 0 Å². The molecule has 0 saturated carbocycles. The van der Waals surface area contributed by atoms with Crippen LogP contribution in [-0.2, 0) is 28.6 Å². The van der Waals surface area contributed by atoms with Gasteiger partial charge in [0.2, 0.25) is 0 Å². The molecule has 84 valence electrons. The fraction of sp³-hybridized carbons (Fsp3) is 1.00. The monoisotopic (exact) mass is 284 g/mol. The zero-order valence-electron chi connectivity index (χ0n) is 6.28. The van der Waals surface area contributed by atoms with Crippen LogP contribution in [0.3, 0.4) is 0 Å². The van der Waals surface area contributed by atoms with Crippen molar-refractivity contribution in [1.82, 2.24) is 0 Å². The quantitative estimate of drug-likeness (QED) is 0.303. The number of hydrogen-bond donors (Lipinski definition) is 2. The van der Waals surface area contributed by atoms with Crippen molar-refractivity contribution < 1.29 is 34.3 Å². The predicted octanol–water partition coefficient (Wildman–Crippen LogP) is -2.85. The molecule has 0 rings (SSSR count). The summed E-state index contributed by atoms with van der Waals surface area (Å²) in [5.41, 5.74) is 0. The van der Waals surface area contributed by atoms with Crippen molar-refractivity contribution in [3.8, 4) is 0 Å². The molecule has 12 heteroatoms. The molecule has 0 radical (unpaired) electrons. The Morgan fingerprint density at radius 2 is 1.53 bits per heavy atom.